The first-order valence-electron chi connectivity index (χ1n) is 8.21. The van der Waals surface area contributed by atoms with Crippen LogP contribution in [0.1, 0.15) is 18.3 Å². The van der Waals surface area contributed by atoms with Crippen molar-refractivity contribution in [1.29, 1.82) is 0 Å². The maximum absolute atomic E-state index is 5.24. The smallest absolute Gasteiger partial charge is 0.191 e. The zero-order chi connectivity index (χ0) is 17.2. The maximum Gasteiger partial charge on any atom is 0.191 e. The summed E-state index contributed by atoms with van der Waals surface area (Å²) in [6.07, 6.45) is 3.55. The van der Waals surface area contributed by atoms with E-state index in [4.69, 9.17) is 4.74 Å². The zero-order valence-corrected chi connectivity index (χ0v) is 17.4. The molecule has 8 heteroatoms. The van der Waals surface area contributed by atoms with Gasteiger partial charge in [0, 0.05) is 33.1 Å². The van der Waals surface area contributed by atoms with E-state index in [1.165, 1.54) is 5.56 Å². The predicted octanol–water partition coefficient (Wildman–Crippen LogP) is 1.87. The minimum atomic E-state index is 0. The topological polar surface area (TPSA) is 76.4 Å². The molecule has 7 nitrogen and oxygen atoms in total. The third kappa shape index (κ3) is 6.89. The first-order valence-corrected chi connectivity index (χ1v) is 8.21. The second kappa shape index (κ2) is 11.7. The molecule has 0 aliphatic rings. The first kappa shape index (κ1) is 21.2. The highest BCUT2D eigenvalue weighted by Gasteiger charge is 2.02. The molecule has 1 aromatic carbocycles. The van der Waals surface area contributed by atoms with Crippen LogP contribution in [0.3, 0.4) is 0 Å². The number of nitrogens with zero attached hydrogens (tertiary/aromatic N) is 4. The molecule has 0 amide bonds. The van der Waals surface area contributed by atoms with Gasteiger partial charge in [-0.05, 0) is 24.1 Å². The Hall–Kier alpha value is -1.84. The summed E-state index contributed by atoms with van der Waals surface area (Å²) in [5.74, 6) is 2.68. The van der Waals surface area contributed by atoms with E-state index in [0.717, 1.165) is 50.0 Å². The molecule has 0 unspecified atom stereocenters. The average Bonchev–Trinajstić information content (AvgIpc) is 3.08. The molecule has 0 saturated heterocycles. The molecule has 138 valence electrons. The van der Waals surface area contributed by atoms with Crippen LogP contribution in [0.2, 0.25) is 0 Å². The van der Waals surface area contributed by atoms with E-state index in [1.54, 1.807) is 20.5 Å². The normalized spacial score (nSPS) is 10.9. The molecule has 0 saturated carbocycles. The van der Waals surface area contributed by atoms with Gasteiger partial charge >= 0.3 is 0 Å². The van der Waals surface area contributed by atoms with E-state index in [9.17, 15) is 0 Å². The highest BCUT2D eigenvalue weighted by molar-refractivity contribution is 14.0. The number of guanidine groups is 1. The molecule has 2 rings (SSSR count). The second-order valence-electron chi connectivity index (χ2n) is 5.32. The molecule has 25 heavy (non-hydrogen) atoms. The van der Waals surface area contributed by atoms with Crippen molar-refractivity contribution in [1.82, 2.24) is 25.4 Å². The highest BCUT2D eigenvalue weighted by Crippen LogP contribution is 2.12. The Balaban J connectivity index is 0.00000312. The lowest BCUT2D eigenvalue weighted by molar-refractivity contribution is 0.414. The minimum Gasteiger partial charge on any atom is -0.497 e. The molecule has 0 atom stereocenters. The first-order chi connectivity index (χ1) is 11.8. The molecular weight excluding hydrogens is 431 g/mol. The fourth-order valence-corrected chi connectivity index (χ4v) is 2.41. The quantitative estimate of drug-likeness (QED) is 0.359. The Labute approximate surface area is 166 Å². The standard InChI is InChI=1S/C17H26N6O.HI/c1-4-16-22-21-13-23(16)11-10-20-17(18-2)19-9-8-14-6-5-7-15(12-14)24-3;/h5-7,12-13H,4,8-11H2,1-3H3,(H2,18,19,20);1H. The molecular formula is C17H27IN6O. The van der Waals surface area contributed by atoms with Gasteiger partial charge in [0.15, 0.2) is 5.96 Å². The number of rotatable bonds is 8. The van der Waals surface area contributed by atoms with Crippen molar-refractivity contribution in [2.45, 2.75) is 26.3 Å². The lowest BCUT2D eigenvalue weighted by Gasteiger charge is -2.13. The van der Waals surface area contributed by atoms with Crippen molar-refractivity contribution in [3.05, 3.63) is 42.0 Å². The monoisotopic (exact) mass is 458 g/mol. The molecule has 0 spiro atoms. The van der Waals surface area contributed by atoms with Crippen molar-refractivity contribution < 1.29 is 4.74 Å². The lowest BCUT2D eigenvalue weighted by atomic mass is 10.1. The number of nitrogens with one attached hydrogen (secondary N) is 2. The number of hydrogen-bond donors (Lipinski definition) is 2. The van der Waals surface area contributed by atoms with Gasteiger partial charge in [-0.25, -0.2) is 0 Å². The van der Waals surface area contributed by atoms with Gasteiger partial charge in [0.05, 0.1) is 7.11 Å². The number of aryl methyl sites for hydroxylation is 1. The molecule has 2 N–H and O–H groups in total. The molecule has 1 aromatic heterocycles. The predicted molar refractivity (Wildman–Crippen MR) is 111 cm³/mol. The number of aliphatic imine (C=N–C) groups is 1. The van der Waals surface area contributed by atoms with E-state index in [0.29, 0.717) is 0 Å². The van der Waals surface area contributed by atoms with Crippen molar-refractivity contribution in [2.24, 2.45) is 4.99 Å². The van der Waals surface area contributed by atoms with Crippen molar-refractivity contribution >= 4 is 29.9 Å². The van der Waals surface area contributed by atoms with Crippen molar-refractivity contribution in [2.75, 3.05) is 27.2 Å². The van der Waals surface area contributed by atoms with Gasteiger partial charge in [-0.2, -0.15) is 0 Å². The lowest BCUT2D eigenvalue weighted by Crippen LogP contribution is -2.39. The van der Waals surface area contributed by atoms with Crippen LogP contribution in [-0.2, 0) is 19.4 Å². The summed E-state index contributed by atoms with van der Waals surface area (Å²) in [5.41, 5.74) is 1.23. The molecule has 1 heterocycles. The number of methoxy groups -OCH3 is 1. The number of aromatic nitrogens is 3. The summed E-state index contributed by atoms with van der Waals surface area (Å²) < 4.78 is 7.29. The van der Waals surface area contributed by atoms with Crippen LogP contribution in [0.5, 0.6) is 5.75 Å². The van der Waals surface area contributed by atoms with Gasteiger partial charge in [-0.15, -0.1) is 34.2 Å². The van der Waals surface area contributed by atoms with Crippen molar-refractivity contribution in [3.8, 4) is 5.75 Å². The van der Waals surface area contributed by atoms with Crippen LogP contribution in [-0.4, -0.2) is 48.0 Å². The van der Waals surface area contributed by atoms with Crippen molar-refractivity contribution in [3.63, 3.8) is 0 Å². The Kier molecular flexibility index (Phi) is 9.90. The zero-order valence-electron chi connectivity index (χ0n) is 15.0. The Morgan fingerprint density at radius 3 is 2.80 bits per heavy atom. The van der Waals surface area contributed by atoms with Gasteiger partial charge in [0.2, 0.25) is 0 Å². The molecule has 0 fully saturated rings. The van der Waals surface area contributed by atoms with Gasteiger partial charge in [-0.1, -0.05) is 19.1 Å². The largest absolute Gasteiger partial charge is 0.497 e. The summed E-state index contributed by atoms with van der Waals surface area (Å²) in [5, 5.41) is 14.6. The van der Waals surface area contributed by atoms with Gasteiger partial charge < -0.3 is 19.9 Å². The van der Waals surface area contributed by atoms with Gasteiger partial charge in [0.1, 0.15) is 17.9 Å². The molecule has 0 aliphatic carbocycles. The third-order valence-corrected chi connectivity index (χ3v) is 3.72. The Morgan fingerprint density at radius 2 is 2.08 bits per heavy atom. The van der Waals surface area contributed by atoms with Crippen LogP contribution < -0.4 is 15.4 Å². The fraction of sp³-hybridized carbons (Fsp3) is 0.471. The van der Waals surface area contributed by atoms with E-state index in [1.807, 2.05) is 12.1 Å². The van der Waals surface area contributed by atoms with Crippen LogP contribution >= 0.6 is 24.0 Å². The third-order valence-electron chi connectivity index (χ3n) is 3.72. The summed E-state index contributed by atoms with van der Waals surface area (Å²) in [6, 6.07) is 8.10. The van der Waals surface area contributed by atoms with E-state index in [-0.39, 0.29) is 24.0 Å². The Bertz CT molecular complexity index is 658. The molecule has 0 aliphatic heterocycles. The van der Waals surface area contributed by atoms with Crippen LogP contribution in [0.4, 0.5) is 0 Å². The summed E-state index contributed by atoms with van der Waals surface area (Å²) in [7, 11) is 3.46. The van der Waals surface area contributed by atoms with Crippen LogP contribution in [0, 0.1) is 0 Å². The molecule has 2 aromatic rings. The fourth-order valence-electron chi connectivity index (χ4n) is 2.41. The molecule has 0 bridgehead atoms. The SMILES string of the molecule is CCc1nncn1CCNC(=NC)NCCc1cccc(OC)c1.I. The summed E-state index contributed by atoms with van der Waals surface area (Å²) >= 11 is 0. The second-order valence-corrected chi connectivity index (χ2v) is 5.32. The molecule has 0 radical (unpaired) electrons. The van der Waals surface area contributed by atoms with Gasteiger partial charge in [-0.3, -0.25) is 4.99 Å². The summed E-state index contributed by atoms with van der Waals surface area (Å²) in [4.78, 5) is 4.24. The summed E-state index contributed by atoms with van der Waals surface area (Å²) in [6.45, 7) is 4.46. The van der Waals surface area contributed by atoms with Crippen LogP contribution in [0.15, 0.2) is 35.6 Å². The number of benzene rings is 1. The van der Waals surface area contributed by atoms with E-state index >= 15 is 0 Å². The minimum absolute atomic E-state index is 0. The average molecular weight is 458 g/mol. The van der Waals surface area contributed by atoms with E-state index < -0.39 is 0 Å². The van der Waals surface area contributed by atoms with E-state index in [2.05, 4.69) is 49.4 Å². The number of halogens is 1. The number of ether oxygens (including phenoxy) is 1. The van der Waals surface area contributed by atoms with Gasteiger partial charge in [0.25, 0.3) is 0 Å². The highest BCUT2D eigenvalue weighted by atomic mass is 127. The maximum atomic E-state index is 5.24. The van der Waals surface area contributed by atoms with Crippen LogP contribution in [0.25, 0.3) is 0 Å². The Morgan fingerprint density at radius 1 is 1.28 bits per heavy atom. The number of hydrogen-bond acceptors (Lipinski definition) is 4.